The van der Waals surface area contributed by atoms with Gasteiger partial charge in [-0.25, -0.2) is 0 Å². The third kappa shape index (κ3) is 3.26. The summed E-state index contributed by atoms with van der Waals surface area (Å²) in [5, 5.41) is 9.31. The molecule has 0 aliphatic rings. The molecule has 0 bridgehead atoms. The van der Waals surface area contributed by atoms with Crippen molar-refractivity contribution in [1.82, 2.24) is 4.90 Å². The first kappa shape index (κ1) is 13.9. The van der Waals surface area contributed by atoms with E-state index in [1.165, 1.54) is 12.1 Å². The Labute approximate surface area is 118 Å². The number of phenols is 1. The van der Waals surface area contributed by atoms with Crippen LogP contribution in [0.25, 0.3) is 5.57 Å². The van der Waals surface area contributed by atoms with E-state index in [0.717, 1.165) is 5.56 Å². The fourth-order valence-electron chi connectivity index (χ4n) is 1.91. The first-order valence-electron chi connectivity index (χ1n) is 6.35. The normalized spacial score (nSPS) is 11.2. The Kier molecular flexibility index (Phi) is 4.20. The number of phenolic OH excluding ortho intramolecular Hbond substituents is 1. The standard InChI is InChI=1S/C17H17NO2/c1-18(2)12-16(13-6-4-3-5-7-13)17(20)14-8-10-15(19)11-9-14/h3-12,19H,1-2H3/b16-12+. The number of carbonyl (C=O) groups excluding carboxylic acids is 1. The summed E-state index contributed by atoms with van der Waals surface area (Å²) >= 11 is 0. The molecule has 0 amide bonds. The Hall–Kier alpha value is -2.55. The number of nitrogens with zero attached hydrogens (tertiary/aromatic N) is 1. The number of hydrogen-bond acceptors (Lipinski definition) is 3. The van der Waals surface area contributed by atoms with Gasteiger partial charge >= 0.3 is 0 Å². The number of Topliss-reactive ketones (excluding diaryl/α,β-unsaturated/α-hetero) is 1. The van der Waals surface area contributed by atoms with Crippen molar-refractivity contribution in [3.63, 3.8) is 0 Å². The topological polar surface area (TPSA) is 40.5 Å². The van der Waals surface area contributed by atoms with E-state index in [-0.39, 0.29) is 11.5 Å². The van der Waals surface area contributed by atoms with Crippen LogP contribution in [0.5, 0.6) is 5.75 Å². The van der Waals surface area contributed by atoms with Crippen LogP contribution in [0.1, 0.15) is 15.9 Å². The fraction of sp³-hybridized carbons (Fsp3) is 0.118. The molecule has 20 heavy (non-hydrogen) atoms. The van der Waals surface area contributed by atoms with E-state index in [9.17, 15) is 9.90 Å². The fourth-order valence-corrected chi connectivity index (χ4v) is 1.91. The van der Waals surface area contributed by atoms with Crippen LogP contribution in [0.15, 0.2) is 60.8 Å². The van der Waals surface area contributed by atoms with E-state index in [1.807, 2.05) is 55.5 Å². The molecule has 0 spiro atoms. The van der Waals surface area contributed by atoms with Gasteiger partial charge in [0.1, 0.15) is 5.75 Å². The Morgan fingerprint density at radius 1 is 0.950 bits per heavy atom. The van der Waals surface area contributed by atoms with Gasteiger partial charge in [-0.3, -0.25) is 4.79 Å². The highest BCUT2D eigenvalue weighted by Crippen LogP contribution is 2.21. The van der Waals surface area contributed by atoms with Crippen molar-refractivity contribution < 1.29 is 9.90 Å². The number of allylic oxidation sites excluding steroid dienone is 1. The largest absolute Gasteiger partial charge is 0.508 e. The summed E-state index contributed by atoms with van der Waals surface area (Å²) < 4.78 is 0. The Morgan fingerprint density at radius 3 is 2.10 bits per heavy atom. The Balaban J connectivity index is 2.42. The lowest BCUT2D eigenvalue weighted by atomic mass is 9.97. The number of aromatic hydroxyl groups is 1. The van der Waals surface area contributed by atoms with E-state index >= 15 is 0 Å². The van der Waals surface area contributed by atoms with Gasteiger partial charge in [-0.2, -0.15) is 0 Å². The zero-order chi connectivity index (χ0) is 14.5. The predicted octanol–water partition coefficient (Wildman–Crippen LogP) is 3.18. The van der Waals surface area contributed by atoms with Gasteiger partial charge in [-0.15, -0.1) is 0 Å². The average Bonchev–Trinajstić information content (AvgIpc) is 2.45. The van der Waals surface area contributed by atoms with Gasteiger partial charge in [0.25, 0.3) is 0 Å². The molecule has 0 atom stereocenters. The molecular weight excluding hydrogens is 250 g/mol. The lowest BCUT2D eigenvalue weighted by Crippen LogP contribution is -2.09. The molecule has 0 saturated heterocycles. The maximum Gasteiger partial charge on any atom is 0.195 e. The molecule has 0 fully saturated rings. The number of rotatable bonds is 4. The first-order chi connectivity index (χ1) is 9.58. The van der Waals surface area contributed by atoms with E-state index in [0.29, 0.717) is 11.1 Å². The van der Waals surface area contributed by atoms with E-state index in [1.54, 1.807) is 12.1 Å². The summed E-state index contributed by atoms with van der Waals surface area (Å²) in [6, 6.07) is 15.8. The molecule has 0 heterocycles. The van der Waals surface area contributed by atoms with Crippen molar-refractivity contribution in [3.8, 4) is 5.75 Å². The zero-order valence-corrected chi connectivity index (χ0v) is 11.6. The van der Waals surface area contributed by atoms with Crippen molar-refractivity contribution in [3.05, 3.63) is 71.9 Å². The molecule has 0 aromatic heterocycles. The lowest BCUT2D eigenvalue weighted by Gasteiger charge is -2.12. The zero-order valence-electron chi connectivity index (χ0n) is 11.6. The van der Waals surface area contributed by atoms with Crippen LogP contribution in [0.3, 0.4) is 0 Å². The molecule has 2 aromatic carbocycles. The van der Waals surface area contributed by atoms with Crippen LogP contribution < -0.4 is 0 Å². The molecule has 2 rings (SSSR count). The van der Waals surface area contributed by atoms with Crippen molar-refractivity contribution >= 4 is 11.4 Å². The molecule has 0 saturated carbocycles. The minimum atomic E-state index is -0.0649. The van der Waals surface area contributed by atoms with Crippen molar-refractivity contribution in [2.75, 3.05) is 14.1 Å². The summed E-state index contributed by atoms with van der Waals surface area (Å²) in [4.78, 5) is 14.5. The monoisotopic (exact) mass is 267 g/mol. The lowest BCUT2D eigenvalue weighted by molar-refractivity contribution is 0.105. The summed E-state index contributed by atoms with van der Waals surface area (Å²) in [6.07, 6.45) is 1.81. The maximum atomic E-state index is 12.6. The Bertz CT molecular complexity index is 613. The maximum absolute atomic E-state index is 12.6. The van der Waals surface area contributed by atoms with Crippen molar-refractivity contribution in [2.45, 2.75) is 0 Å². The van der Waals surface area contributed by atoms with Gasteiger partial charge in [-0.1, -0.05) is 30.3 Å². The molecule has 3 heteroatoms. The Morgan fingerprint density at radius 2 is 1.55 bits per heavy atom. The SMILES string of the molecule is CN(C)/C=C(/C(=O)c1ccc(O)cc1)c1ccccc1. The minimum Gasteiger partial charge on any atom is -0.508 e. The average molecular weight is 267 g/mol. The second-order valence-electron chi connectivity index (χ2n) is 4.75. The molecule has 2 aromatic rings. The van der Waals surface area contributed by atoms with Gasteiger partial charge in [0.2, 0.25) is 0 Å². The van der Waals surface area contributed by atoms with Crippen molar-refractivity contribution in [1.29, 1.82) is 0 Å². The van der Waals surface area contributed by atoms with Crippen LogP contribution in [0.4, 0.5) is 0 Å². The highest BCUT2D eigenvalue weighted by molar-refractivity contribution is 6.28. The number of benzene rings is 2. The number of hydrogen-bond donors (Lipinski definition) is 1. The van der Waals surface area contributed by atoms with E-state index in [4.69, 9.17) is 0 Å². The van der Waals surface area contributed by atoms with Crippen LogP contribution in [-0.2, 0) is 0 Å². The highest BCUT2D eigenvalue weighted by Gasteiger charge is 2.14. The first-order valence-corrected chi connectivity index (χ1v) is 6.35. The molecule has 1 N–H and O–H groups in total. The van der Waals surface area contributed by atoms with Gasteiger partial charge in [0.05, 0.1) is 0 Å². The molecule has 3 nitrogen and oxygen atoms in total. The highest BCUT2D eigenvalue weighted by atomic mass is 16.3. The van der Waals surface area contributed by atoms with Crippen LogP contribution >= 0.6 is 0 Å². The molecular formula is C17H17NO2. The summed E-state index contributed by atoms with van der Waals surface area (Å²) in [6.45, 7) is 0. The summed E-state index contributed by atoms with van der Waals surface area (Å²) in [5.41, 5.74) is 2.06. The minimum absolute atomic E-state index is 0.0649. The molecule has 0 unspecified atom stereocenters. The quantitative estimate of drug-likeness (QED) is 0.683. The van der Waals surface area contributed by atoms with Crippen molar-refractivity contribution in [2.24, 2.45) is 0 Å². The van der Waals surface area contributed by atoms with Gasteiger partial charge in [0, 0.05) is 31.4 Å². The molecule has 0 aliphatic carbocycles. The van der Waals surface area contributed by atoms with Gasteiger partial charge in [-0.05, 0) is 29.8 Å². The molecule has 0 aliphatic heterocycles. The second-order valence-corrected chi connectivity index (χ2v) is 4.75. The third-order valence-corrected chi connectivity index (χ3v) is 2.85. The van der Waals surface area contributed by atoms with E-state index in [2.05, 4.69) is 0 Å². The predicted molar refractivity (Wildman–Crippen MR) is 80.5 cm³/mol. The van der Waals surface area contributed by atoms with Gasteiger partial charge < -0.3 is 10.0 Å². The van der Waals surface area contributed by atoms with Crippen LogP contribution in [-0.4, -0.2) is 29.9 Å². The number of carbonyl (C=O) groups is 1. The second kappa shape index (κ2) is 6.06. The summed E-state index contributed by atoms with van der Waals surface area (Å²) in [7, 11) is 3.76. The molecule has 0 radical (unpaired) electrons. The molecule has 102 valence electrons. The van der Waals surface area contributed by atoms with Gasteiger partial charge in [0.15, 0.2) is 5.78 Å². The summed E-state index contributed by atoms with van der Waals surface area (Å²) in [5.74, 6) is 0.0873. The number of ketones is 1. The van der Waals surface area contributed by atoms with Crippen LogP contribution in [0, 0.1) is 0 Å². The smallest absolute Gasteiger partial charge is 0.195 e. The third-order valence-electron chi connectivity index (χ3n) is 2.85. The van der Waals surface area contributed by atoms with E-state index < -0.39 is 0 Å². The van der Waals surface area contributed by atoms with Crippen LogP contribution in [0.2, 0.25) is 0 Å².